The van der Waals surface area contributed by atoms with E-state index in [2.05, 4.69) is 10.2 Å². The molecule has 18 heavy (non-hydrogen) atoms. The molecule has 3 aliphatic rings. The number of fused-ring (bicyclic) bond motifs is 1. The Hall–Kier alpha value is -0.410. The van der Waals surface area contributed by atoms with E-state index in [9.17, 15) is 4.79 Å². The summed E-state index contributed by atoms with van der Waals surface area (Å²) < 4.78 is 0. The van der Waals surface area contributed by atoms with Gasteiger partial charge >= 0.3 is 0 Å². The Balaban J connectivity index is 1.67. The molecule has 0 radical (unpaired) electrons. The molecule has 0 amide bonds. The number of piperidine rings is 3. The molecule has 3 nitrogen and oxygen atoms in total. The van der Waals surface area contributed by atoms with Crippen LogP contribution in [0.2, 0.25) is 0 Å². The average Bonchev–Trinajstić information content (AvgIpc) is 2.47. The second-order valence-electron chi connectivity index (χ2n) is 6.41. The van der Waals surface area contributed by atoms with Gasteiger partial charge in [-0.1, -0.05) is 12.8 Å². The van der Waals surface area contributed by atoms with Crippen LogP contribution in [0.3, 0.4) is 0 Å². The van der Waals surface area contributed by atoms with Gasteiger partial charge in [-0.2, -0.15) is 0 Å². The molecule has 4 atom stereocenters. The summed E-state index contributed by atoms with van der Waals surface area (Å²) in [6.07, 6.45) is 10.3. The van der Waals surface area contributed by atoms with Crippen LogP contribution in [0.4, 0.5) is 0 Å². The maximum Gasteiger partial charge on any atom is 0.124 e. The van der Waals surface area contributed by atoms with Crippen molar-refractivity contribution in [3.63, 3.8) is 0 Å². The van der Waals surface area contributed by atoms with Crippen molar-refractivity contribution in [2.45, 2.75) is 57.0 Å². The van der Waals surface area contributed by atoms with Crippen LogP contribution in [-0.4, -0.2) is 42.9 Å². The lowest BCUT2D eigenvalue weighted by molar-refractivity contribution is -0.117. The van der Waals surface area contributed by atoms with Gasteiger partial charge in [0.1, 0.15) is 6.29 Å². The van der Waals surface area contributed by atoms with Crippen molar-refractivity contribution in [2.75, 3.05) is 19.6 Å². The molecule has 0 aromatic heterocycles. The van der Waals surface area contributed by atoms with E-state index in [0.717, 1.165) is 6.42 Å². The highest BCUT2D eigenvalue weighted by atomic mass is 16.1. The number of nitrogens with one attached hydrogen (secondary N) is 1. The van der Waals surface area contributed by atoms with E-state index >= 15 is 0 Å². The molecule has 3 aliphatic heterocycles. The van der Waals surface area contributed by atoms with E-state index < -0.39 is 0 Å². The van der Waals surface area contributed by atoms with Gasteiger partial charge in [-0.15, -0.1) is 0 Å². The molecular weight excluding hydrogens is 224 g/mol. The Kier molecular flexibility index (Phi) is 4.00. The minimum Gasteiger partial charge on any atom is -0.314 e. The Bertz CT molecular complexity index is 288. The van der Waals surface area contributed by atoms with Crippen LogP contribution < -0.4 is 5.32 Å². The predicted octanol–water partition coefficient (Wildman–Crippen LogP) is 1.82. The zero-order valence-electron chi connectivity index (χ0n) is 11.3. The van der Waals surface area contributed by atoms with Gasteiger partial charge < -0.3 is 10.1 Å². The van der Waals surface area contributed by atoms with E-state index in [0.29, 0.717) is 23.9 Å². The third kappa shape index (κ3) is 2.48. The number of hydrogen-bond donors (Lipinski definition) is 1. The maximum atomic E-state index is 11.4. The number of carbonyl (C=O) groups excluding carboxylic acids is 1. The average molecular weight is 250 g/mol. The topological polar surface area (TPSA) is 32.3 Å². The van der Waals surface area contributed by atoms with Crippen molar-refractivity contribution >= 4 is 6.29 Å². The fraction of sp³-hybridized carbons (Fsp3) is 0.933. The summed E-state index contributed by atoms with van der Waals surface area (Å²) in [6.45, 7) is 3.63. The molecule has 3 heterocycles. The Morgan fingerprint density at radius 2 is 2.00 bits per heavy atom. The summed E-state index contributed by atoms with van der Waals surface area (Å²) in [6, 6.07) is 1.24. The fourth-order valence-electron chi connectivity index (χ4n) is 4.33. The van der Waals surface area contributed by atoms with Gasteiger partial charge in [0, 0.05) is 24.5 Å². The number of aldehydes is 1. The van der Waals surface area contributed by atoms with E-state index in [-0.39, 0.29) is 0 Å². The first-order valence-electron chi connectivity index (χ1n) is 7.81. The molecule has 0 spiro atoms. The van der Waals surface area contributed by atoms with Crippen molar-refractivity contribution in [3.05, 3.63) is 0 Å². The summed E-state index contributed by atoms with van der Waals surface area (Å²) in [5.41, 5.74) is 0. The maximum absolute atomic E-state index is 11.4. The Labute approximate surface area is 110 Å². The number of nitrogens with zero attached hydrogens (tertiary/aromatic N) is 1. The first-order valence-corrected chi connectivity index (χ1v) is 7.81. The lowest BCUT2D eigenvalue weighted by atomic mass is 9.76. The van der Waals surface area contributed by atoms with Crippen LogP contribution >= 0.6 is 0 Å². The minimum atomic E-state index is 0.299. The lowest BCUT2D eigenvalue weighted by Crippen LogP contribution is -2.56. The third-order valence-electron chi connectivity index (χ3n) is 5.29. The largest absolute Gasteiger partial charge is 0.314 e. The van der Waals surface area contributed by atoms with Gasteiger partial charge in [0.05, 0.1) is 0 Å². The predicted molar refractivity (Wildman–Crippen MR) is 72.5 cm³/mol. The van der Waals surface area contributed by atoms with E-state index in [1.807, 2.05) is 0 Å². The standard InChI is InChI=1S/C15H26N2O/c18-11-13-9-12(14-5-1-3-7-16-14)10-17-8-4-2-6-15(13)17/h11-16H,1-10H2/t12?,13?,14-,15?/m1/s1. The monoisotopic (exact) mass is 250 g/mol. The van der Waals surface area contributed by atoms with Crippen LogP contribution in [0.25, 0.3) is 0 Å². The van der Waals surface area contributed by atoms with Gasteiger partial charge in [-0.05, 0) is 51.1 Å². The third-order valence-corrected chi connectivity index (χ3v) is 5.29. The smallest absolute Gasteiger partial charge is 0.124 e. The first kappa shape index (κ1) is 12.6. The molecule has 3 unspecified atom stereocenters. The number of rotatable bonds is 2. The van der Waals surface area contributed by atoms with E-state index in [1.54, 1.807) is 0 Å². The Morgan fingerprint density at radius 1 is 1.11 bits per heavy atom. The molecular formula is C15H26N2O. The van der Waals surface area contributed by atoms with Crippen molar-refractivity contribution in [1.29, 1.82) is 0 Å². The van der Waals surface area contributed by atoms with Crippen LogP contribution in [0.1, 0.15) is 44.9 Å². The molecule has 0 aromatic carbocycles. The molecule has 3 saturated heterocycles. The normalized spacial score (nSPS) is 42.2. The van der Waals surface area contributed by atoms with Gasteiger partial charge in [0.2, 0.25) is 0 Å². The fourth-order valence-corrected chi connectivity index (χ4v) is 4.33. The van der Waals surface area contributed by atoms with E-state index in [4.69, 9.17) is 0 Å². The molecule has 0 aromatic rings. The Morgan fingerprint density at radius 3 is 2.78 bits per heavy atom. The molecule has 102 valence electrons. The van der Waals surface area contributed by atoms with Crippen LogP contribution in [-0.2, 0) is 4.79 Å². The van der Waals surface area contributed by atoms with Crippen LogP contribution in [0, 0.1) is 11.8 Å². The SMILES string of the molecule is O=CC1CC([C@H]2CCCCN2)CN2CCCCC12. The quantitative estimate of drug-likeness (QED) is 0.759. The number of hydrogen-bond acceptors (Lipinski definition) is 3. The second-order valence-corrected chi connectivity index (χ2v) is 6.41. The van der Waals surface area contributed by atoms with Crippen molar-refractivity contribution < 1.29 is 4.79 Å². The highest BCUT2D eigenvalue weighted by Gasteiger charge is 2.39. The summed E-state index contributed by atoms with van der Waals surface area (Å²) in [4.78, 5) is 14.0. The minimum absolute atomic E-state index is 0.299. The molecule has 3 fully saturated rings. The van der Waals surface area contributed by atoms with Gasteiger partial charge in [0.25, 0.3) is 0 Å². The second kappa shape index (κ2) is 5.70. The summed E-state index contributed by atoms with van der Waals surface area (Å²) in [5.74, 6) is 1.00. The molecule has 3 heteroatoms. The first-order chi connectivity index (χ1) is 8.88. The van der Waals surface area contributed by atoms with Crippen molar-refractivity contribution in [2.24, 2.45) is 11.8 Å². The highest BCUT2D eigenvalue weighted by Crippen LogP contribution is 2.35. The summed E-state index contributed by atoms with van der Waals surface area (Å²) >= 11 is 0. The summed E-state index contributed by atoms with van der Waals surface area (Å²) in [7, 11) is 0. The van der Waals surface area contributed by atoms with Crippen molar-refractivity contribution in [3.8, 4) is 0 Å². The van der Waals surface area contributed by atoms with Gasteiger partial charge in [-0.25, -0.2) is 0 Å². The zero-order chi connectivity index (χ0) is 12.4. The van der Waals surface area contributed by atoms with Gasteiger partial charge in [0.15, 0.2) is 0 Å². The van der Waals surface area contributed by atoms with Crippen molar-refractivity contribution in [1.82, 2.24) is 10.2 Å². The molecule has 1 N–H and O–H groups in total. The summed E-state index contributed by atoms with van der Waals surface area (Å²) in [5, 5.41) is 3.69. The lowest BCUT2D eigenvalue weighted by Gasteiger charge is -2.48. The van der Waals surface area contributed by atoms with Gasteiger partial charge in [-0.3, -0.25) is 4.90 Å². The highest BCUT2D eigenvalue weighted by molar-refractivity contribution is 5.55. The molecule has 0 aliphatic carbocycles. The molecule has 0 bridgehead atoms. The van der Waals surface area contributed by atoms with E-state index in [1.165, 1.54) is 64.4 Å². The molecule has 3 rings (SSSR count). The zero-order valence-corrected chi connectivity index (χ0v) is 11.3. The molecule has 0 saturated carbocycles. The van der Waals surface area contributed by atoms with Crippen LogP contribution in [0.15, 0.2) is 0 Å². The van der Waals surface area contributed by atoms with Crippen LogP contribution in [0.5, 0.6) is 0 Å². The number of carbonyl (C=O) groups is 1.